The molecule has 0 bridgehead atoms. The first kappa shape index (κ1) is 23.6. The lowest BCUT2D eigenvalue weighted by Gasteiger charge is -2.15. The summed E-state index contributed by atoms with van der Waals surface area (Å²) >= 11 is 6.65. The van der Waals surface area contributed by atoms with Crippen molar-refractivity contribution in [3.8, 4) is 39.7 Å². The highest BCUT2D eigenvalue weighted by atomic mass is 35.5. The molecular weight excluding hydrogens is 526 g/mol. The van der Waals surface area contributed by atoms with Crippen LogP contribution in [0.1, 0.15) is 6.42 Å². The van der Waals surface area contributed by atoms with Gasteiger partial charge in [0.05, 0.1) is 34.6 Å². The highest BCUT2D eigenvalue weighted by Gasteiger charge is 2.43. The number of ether oxygens (including phenoxy) is 3. The molecule has 0 aliphatic carbocycles. The molecule has 6 heterocycles. The van der Waals surface area contributed by atoms with E-state index in [0.29, 0.717) is 41.1 Å². The van der Waals surface area contributed by atoms with Crippen LogP contribution in [0.2, 0.25) is 5.02 Å². The fraction of sp³-hybridized carbons (Fsp3) is 0.194. The van der Waals surface area contributed by atoms with Gasteiger partial charge in [0.2, 0.25) is 0 Å². The quantitative estimate of drug-likeness (QED) is 0.276. The van der Waals surface area contributed by atoms with E-state index in [9.17, 15) is 0 Å². The van der Waals surface area contributed by atoms with Gasteiger partial charge in [0.25, 0.3) is 6.01 Å². The summed E-state index contributed by atoms with van der Waals surface area (Å²) in [5, 5.41) is 0.538. The molecular formula is C31H24ClN5O3. The second kappa shape index (κ2) is 9.45. The van der Waals surface area contributed by atoms with Crippen LogP contribution in [-0.4, -0.2) is 55.9 Å². The van der Waals surface area contributed by atoms with E-state index in [-0.39, 0.29) is 18.3 Å². The zero-order valence-corrected chi connectivity index (χ0v) is 22.1. The maximum Gasteiger partial charge on any atom is 0.296 e. The van der Waals surface area contributed by atoms with E-state index in [1.807, 2.05) is 53.2 Å². The van der Waals surface area contributed by atoms with Crippen LogP contribution >= 0.6 is 11.6 Å². The van der Waals surface area contributed by atoms with Gasteiger partial charge in [0.15, 0.2) is 11.8 Å². The average molecular weight is 550 g/mol. The van der Waals surface area contributed by atoms with Crippen molar-refractivity contribution < 1.29 is 14.2 Å². The number of nitrogens with one attached hydrogen (secondary N) is 1. The van der Waals surface area contributed by atoms with Crippen LogP contribution in [0.25, 0.3) is 50.5 Å². The van der Waals surface area contributed by atoms with Gasteiger partial charge in [0.1, 0.15) is 11.8 Å². The van der Waals surface area contributed by atoms with E-state index >= 15 is 0 Å². The van der Waals surface area contributed by atoms with Crippen LogP contribution in [0.15, 0.2) is 85.2 Å². The molecule has 40 heavy (non-hydrogen) atoms. The lowest BCUT2D eigenvalue weighted by Crippen LogP contribution is -2.32. The summed E-state index contributed by atoms with van der Waals surface area (Å²) in [4.78, 5) is 17.2. The molecule has 2 aromatic carbocycles. The van der Waals surface area contributed by atoms with Crippen LogP contribution in [0.5, 0.6) is 6.01 Å². The Balaban J connectivity index is 1.02. The van der Waals surface area contributed by atoms with Gasteiger partial charge in [-0.05, 0) is 35.7 Å². The number of aromatic amines is 1. The van der Waals surface area contributed by atoms with Crippen LogP contribution in [-0.2, 0) is 9.47 Å². The lowest BCUT2D eigenvalue weighted by atomic mass is 10.0. The van der Waals surface area contributed by atoms with Crippen molar-refractivity contribution in [2.24, 2.45) is 0 Å². The Hall–Kier alpha value is -4.24. The summed E-state index contributed by atoms with van der Waals surface area (Å²) in [5.74, 6) is 0. The molecule has 1 N–H and O–H groups in total. The molecule has 8 nitrogen and oxygen atoms in total. The summed E-state index contributed by atoms with van der Waals surface area (Å²) in [6, 6.07) is 24.9. The van der Waals surface area contributed by atoms with Gasteiger partial charge in [0, 0.05) is 30.1 Å². The van der Waals surface area contributed by atoms with Crippen LogP contribution < -0.4 is 4.74 Å². The number of imidazole rings is 2. The van der Waals surface area contributed by atoms with Crippen molar-refractivity contribution in [3.63, 3.8) is 0 Å². The van der Waals surface area contributed by atoms with Gasteiger partial charge in [-0.3, -0.25) is 0 Å². The summed E-state index contributed by atoms with van der Waals surface area (Å²) < 4.78 is 19.7. The highest BCUT2D eigenvalue weighted by Crippen LogP contribution is 2.33. The fourth-order valence-electron chi connectivity index (χ4n) is 5.56. The lowest BCUT2D eigenvalue weighted by molar-refractivity contribution is 0.0273. The number of fused-ring (bicyclic) bond motifs is 3. The highest BCUT2D eigenvalue weighted by molar-refractivity contribution is 6.33. The molecule has 2 saturated heterocycles. The minimum atomic E-state index is -0.191. The summed E-state index contributed by atoms with van der Waals surface area (Å²) in [5.41, 5.74) is 8.02. The van der Waals surface area contributed by atoms with Crippen molar-refractivity contribution in [1.82, 2.24) is 24.3 Å². The van der Waals surface area contributed by atoms with Crippen LogP contribution in [0, 0.1) is 0 Å². The van der Waals surface area contributed by atoms with Gasteiger partial charge >= 0.3 is 0 Å². The fourth-order valence-corrected chi connectivity index (χ4v) is 5.82. The summed E-state index contributed by atoms with van der Waals surface area (Å²) in [7, 11) is 0. The molecule has 0 radical (unpaired) electrons. The SMILES string of the molecule is Clc1cc2[nH]c(O[C@@H]3CO[C@@H]4CCO[C@@H]43)nc2nc1-c1ccc(-c2ccc(-c3cn4ccccc4n3)cc2)cc1. The predicted octanol–water partition coefficient (Wildman–Crippen LogP) is 6.20. The molecule has 0 spiro atoms. The number of halogens is 1. The van der Waals surface area contributed by atoms with Crippen molar-refractivity contribution in [2.45, 2.75) is 24.7 Å². The molecule has 6 aromatic rings. The molecule has 3 atom stereocenters. The molecule has 2 fully saturated rings. The summed E-state index contributed by atoms with van der Waals surface area (Å²) in [6.07, 6.45) is 4.81. The molecule has 2 aliphatic heterocycles. The molecule has 0 amide bonds. The number of nitrogens with zero attached hydrogens (tertiary/aromatic N) is 4. The Morgan fingerprint density at radius 1 is 0.875 bits per heavy atom. The Labute approximate surface area is 234 Å². The van der Waals surface area contributed by atoms with Crippen LogP contribution in [0.3, 0.4) is 0 Å². The van der Waals surface area contributed by atoms with E-state index < -0.39 is 0 Å². The van der Waals surface area contributed by atoms with Gasteiger partial charge in [-0.1, -0.05) is 66.2 Å². The Morgan fingerprint density at radius 2 is 1.65 bits per heavy atom. The first-order chi connectivity index (χ1) is 19.7. The van der Waals surface area contributed by atoms with Crippen molar-refractivity contribution >= 4 is 28.4 Å². The van der Waals surface area contributed by atoms with Crippen LogP contribution in [0.4, 0.5) is 0 Å². The third kappa shape index (κ3) is 4.12. The van der Waals surface area contributed by atoms with Gasteiger partial charge in [-0.15, -0.1) is 0 Å². The second-order valence-corrected chi connectivity index (χ2v) is 10.5. The van der Waals surface area contributed by atoms with Crippen molar-refractivity contribution in [3.05, 3.63) is 90.2 Å². The van der Waals surface area contributed by atoms with Gasteiger partial charge in [-0.25, -0.2) is 9.97 Å². The molecule has 2 aliphatic rings. The number of benzene rings is 2. The maximum absolute atomic E-state index is 6.65. The molecule has 198 valence electrons. The number of hydrogen-bond acceptors (Lipinski definition) is 6. The molecule has 0 saturated carbocycles. The van der Waals surface area contributed by atoms with Gasteiger partial charge < -0.3 is 23.6 Å². The first-order valence-electron chi connectivity index (χ1n) is 13.3. The second-order valence-electron chi connectivity index (χ2n) is 10.1. The molecule has 8 rings (SSSR count). The Bertz CT molecular complexity index is 1810. The smallest absolute Gasteiger partial charge is 0.296 e. The van der Waals surface area contributed by atoms with E-state index in [4.69, 9.17) is 35.8 Å². The largest absolute Gasteiger partial charge is 0.456 e. The summed E-state index contributed by atoms with van der Waals surface area (Å²) in [6.45, 7) is 1.18. The molecule has 0 unspecified atom stereocenters. The Kier molecular flexibility index (Phi) is 5.58. The molecule has 4 aromatic heterocycles. The minimum absolute atomic E-state index is 0.0547. The zero-order valence-electron chi connectivity index (χ0n) is 21.3. The Morgan fingerprint density at radius 3 is 2.45 bits per heavy atom. The maximum atomic E-state index is 6.65. The van der Waals surface area contributed by atoms with E-state index in [0.717, 1.165) is 40.0 Å². The number of rotatable bonds is 5. The standard InChI is InChI=1S/C31H24ClN5O3/c32-22-15-23-30(36-31(34-23)40-26-17-39-25-12-14-38-29(25)26)35-28(22)21-10-6-19(7-11-21)18-4-8-20(9-5-18)24-16-37-13-2-1-3-27(37)33-24/h1-11,13,15-16,25-26,29H,12,14,17H2,(H,34,35,36)/t25-,26-,29+/m1/s1. The van der Waals surface area contributed by atoms with Crippen molar-refractivity contribution in [1.29, 1.82) is 0 Å². The zero-order chi connectivity index (χ0) is 26.6. The monoisotopic (exact) mass is 549 g/mol. The normalized spacial score (nSPS) is 20.4. The van der Waals surface area contributed by atoms with Gasteiger partial charge in [-0.2, -0.15) is 4.98 Å². The van der Waals surface area contributed by atoms with Crippen molar-refractivity contribution in [2.75, 3.05) is 13.2 Å². The van der Waals surface area contributed by atoms with E-state index in [1.165, 1.54) is 0 Å². The van der Waals surface area contributed by atoms with E-state index in [2.05, 4.69) is 46.4 Å². The number of H-pyrrole nitrogens is 1. The minimum Gasteiger partial charge on any atom is -0.456 e. The molecule has 9 heteroatoms. The van der Waals surface area contributed by atoms with E-state index in [1.54, 1.807) is 0 Å². The number of aromatic nitrogens is 5. The average Bonchev–Trinajstić information content (AvgIpc) is 3.77. The predicted molar refractivity (Wildman–Crippen MR) is 152 cm³/mol. The first-order valence-corrected chi connectivity index (χ1v) is 13.7. The number of pyridine rings is 2. The topological polar surface area (TPSA) is 86.6 Å². The third-order valence-corrected chi connectivity index (χ3v) is 7.91. The third-order valence-electron chi connectivity index (χ3n) is 7.62. The number of hydrogen-bond donors (Lipinski definition) is 1.